The van der Waals surface area contributed by atoms with Crippen LogP contribution in [0.3, 0.4) is 0 Å². The predicted octanol–water partition coefficient (Wildman–Crippen LogP) is 3.73. The molecule has 3 rings (SSSR count). The smallest absolute Gasteiger partial charge is 0.124 e. The SMILES string of the molecule is CC(C)c1nc(Cn2c(CC#N)nc3ccccc32)cs1. The number of hydrogen-bond acceptors (Lipinski definition) is 4. The first-order valence-corrected chi connectivity index (χ1v) is 7.82. The fourth-order valence-electron chi connectivity index (χ4n) is 2.33. The Morgan fingerprint density at radius 2 is 2.10 bits per heavy atom. The number of nitriles is 1. The normalized spacial score (nSPS) is 11.1. The second-order valence-electron chi connectivity index (χ2n) is 5.27. The van der Waals surface area contributed by atoms with Gasteiger partial charge in [-0.2, -0.15) is 5.26 Å². The summed E-state index contributed by atoms with van der Waals surface area (Å²) < 4.78 is 2.09. The van der Waals surface area contributed by atoms with E-state index in [1.54, 1.807) is 11.3 Å². The van der Waals surface area contributed by atoms with Crippen molar-refractivity contribution in [2.24, 2.45) is 0 Å². The summed E-state index contributed by atoms with van der Waals surface area (Å²) in [6.45, 7) is 4.97. The van der Waals surface area contributed by atoms with E-state index in [1.165, 1.54) is 0 Å². The molecule has 5 heteroatoms. The van der Waals surface area contributed by atoms with Crippen molar-refractivity contribution in [1.82, 2.24) is 14.5 Å². The maximum absolute atomic E-state index is 9.00. The molecule has 0 spiro atoms. The molecule has 0 unspecified atom stereocenters. The molecular weight excluding hydrogens is 280 g/mol. The van der Waals surface area contributed by atoms with Gasteiger partial charge in [-0.25, -0.2) is 9.97 Å². The minimum Gasteiger partial charge on any atom is -0.321 e. The minimum atomic E-state index is 0.315. The number of benzene rings is 1. The van der Waals surface area contributed by atoms with Crippen LogP contribution in [0.5, 0.6) is 0 Å². The Bertz CT molecular complexity index is 807. The molecule has 0 saturated carbocycles. The summed E-state index contributed by atoms with van der Waals surface area (Å²) in [6, 6.07) is 10.2. The highest BCUT2D eigenvalue weighted by Crippen LogP contribution is 2.22. The average Bonchev–Trinajstić information content (AvgIpc) is 3.06. The highest BCUT2D eigenvalue weighted by Gasteiger charge is 2.12. The van der Waals surface area contributed by atoms with E-state index >= 15 is 0 Å². The molecule has 3 aromatic rings. The third kappa shape index (κ3) is 2.67. The molecular formula is C16H16N4S. The van der Waals surface area contributed by atoms with E-state index in [0.717, 1.165) is 27.6 Å². The number of hydrogen-bond donors (Lipinski definition) is 0. The van der Waals surface area contributed by atoms with Crippen molar-refractivity contribution in [2.75, 3.05) is 0 Å². The topological polar surface area (TPSA) is 54.5 Å². The van der Waals surface area contributed by atoms with E-state index in [-0.39, 0.29) is 0 Å². The van der Waals surface area contributed by atoms with Crippen molar-refractivity contribution in [1.29, 1.82) is 5.26 Å². The van der Waals surface area contributed by atoms with Crippen LogP contribution in [0, 0.1) is 11.3 Å². The van der Waals surface area contributed by atoms with Crippen molar-refractivity contribution < 1.29 is 0 Å². The van der Waals surface area contributed by atoms with E-state index < -0.39 is 0 Å². The molecule has 0 fully saturated rings. The highest BCUT2D eigenvalue weighted by molar-refractivity contribution is 7.09. The molecule has 0 bridgehead atoms. The highest BCUT2D eigenvalue weighted by atomic mass is 32.1. The number of rotatable bonds is 4. The predicted molar refractivity (Wildman–Crippen MR) is 84.4 cm³/mol. The monoisotopic (exact) mass is 296 g/mol. The van der Waals surface area contributed by atoms with Gasteiger partial charge < -0.3 is 4.57 Å². The van der Waals surface area contributed by atoms with Gasteiger partial charge in [0.05, 0.1) is 40.8 Å². The van der Waals surface area contributed by atoms with Gasteiger partial charge in [0, 0.05) is 11.3 Å². The number of para-hydroxylation sites is 2. The van der Waals surface area contributed by atoms with Crippen molar-refractivity contribution in [2.45, 2.75) is 32.7 Å². The maximum atomic E-state index is 9.00. The Hall–Kier alpha value is -2.19. The molecule has 0 atom stereocenters. The summed E-state index contributed by atoms with van der Waals surface area (Å²) in [5.41, 5.74) is 3.02. The standard InChI is InChI=1S/C16H16N4S/c1-11(2)16-18-12(10-21-16)9-20-14-6-4-3-5-13(14)19-15(20)7-8-17/h3-6,10-11H,7,9H2,1-2H3. The van der Waals surface area contributed by atoms with E-state index in [4.69, 9.17) is 5.26 Å². The maximum Gasteiger partial charge on any atom is 0.124 e. The summed E-state index contributed by atoms with van der Waals surface area (Å²) >= 11 is 1.69. The van der Waals surface area contributed by atoms with E-state index in [0.29, 0.717) is 18.9 Å². The van der Waals surface area contributed by atoms with Crippen LogP contribution in [-0.4, -0.2) is 14.5 Å². The fourth-order valence-corrected chi connectivity index (χ4v) is 3.16. The molecule has 0 aliphatic carbocycles. The molecule has 0 saturated heterocycles. The fraction of sp³-hybridized carbons (Fsp3) is 0.312. The third-order valence-corrected chi connectivity index (χ3v) is 4.55. The van der Waals surface area contributed by atoms with Gasteiger partial charge in [-0.1, -0.05) is 26.0 Å². The van der Waals surface area contributed by atoms with E-state index in [9.17, 15) is 0 Å². The van der Waals surface area contributed by atoms with E-state index in [2.05, 4.69) is 39.8 Å². The molecule has 1 aromatic carbocycles. The second kappa shape index (κ2) is 5.66. The van der Waals surface area contributed by atoms with Gasteiger partial charge in [-0.3, -0.25) is 0 Å². The Balaban J connectivity index is 2.01. The molecule has 0 aliphatic heterocycles. The van der Waals surface area contributed by atoms with Crippen LogP contribution in [-0.2, 0) is 13.0 Å². The van der Waals surface area contributed by atoms with Crippen LogP contribution in [0.1, 0.15) is 36.3 Å². The molecule has 21 heavy (non-hydrogen) atoms. The van der Waals surface area contributed by atoms with Gasteiger partial charge in [0.25, 0.3) is 0 Å². The van der Waals surface area contributed by atoms with E-state index in [1.807, 2.05) is 24.3 Å². The molecule has 0 aliphatic rings. The summed E-state index contributed by atoms with van der Waals surface area (Å²) in [7, 11) is 0. The van der Waals surface area contributed by atoms with Crippen LogP contribution in [0.15, 0.2) is 29.6 Å². The third-order valence-electron chi connectivity index (χ3n) is 3.35. The molecule has 0 amide bonds. The van der Waals surface area contributed by atoms with Crippen LogP contribution >= 0.6 is 11.3 Å². The Kier molecular flexibility index (Phi) is 3.72. The lowest BCUT2D eigenvalue weighted by Gasteiger charge is -2.05. The number of nitrogens with zero attached hydrogens (tertiary/aromatic N) is 4. The lowest BCUT2D eigenvalue weighted by Crippen LogP contribution is -2.05. The summed E-state index contributed by atoms with van der Waals surface area (Å²) in [5, 5.41) is 12.2. The molecule has 0 N–H and O–H groups in total. The Labute approximate surface area is 127 Å². The lowest BCUT2D eigenvalue weighted by molar-refractivity contribution is 0.744. The first-order valence-electron chi connectivity index (χ1n) is 6.94. The van der Waals surface area contributed by atoms with Gasteiger partial charge in [-0.15, -0.1) is 11.3 Å². The summed E-state index contributed by atoms with van der Waals surface area (Å²) in [6.07, 6.45) is 0.315. The summed E-state index contributed by atoms with van der Waals surface area (Å²) in [5.74, 6) is 1.25. The van der Waals surface area contributed by atoms with Crippen molar-refractivity contribution in [3.8, 4) is 6.07 Å². The Morgan fingerprint density at radius 3 is 2.81 bits per heavy atom. The number of thiazole rings is 1. The van der Waals surface area contributed by atoms with Crippen molar-refractivity contribution in [3.05, 3.63) is 46.2 Å². The lowest BCUT2D eigenvalue weighted by atomic mass is 10.2. The molecule has 0 radical (unpaired) electrons. The zero-order valence-electron chi connectivity index (χ0n) is 12.1. The first kappa shape index (κ1) is 13.8. The zero-order valence-corrected chi connectivity index (χ0v) is 12.9. The van der Waals surface area contributed by atoms with Gasteiger partial charge in [0.15, 0.2) is 0 Å². The molecule has 106 valence electrons. The van der Waals surface area contributed by atoms with Gasteiger partial charge in [-0.05, 0) is 12.1 Å². The van der Waals surface area contributed by atoms with Gasteiger partial charge in [0.2, 0.25) is 0 Å². The minimum absolute atomic E-state index is 0.315. The molecule has 4 nitrogen and oxygen atoms in total. The van der Waals surface area contributed by atoms with Crippen LogP contribution in [0.2, 0.25) is 0 Å². The number of imidazole rings is 1. The first-order chi connectivity index (χ1) is 10.2. The summed E-state index contributed by atoms with van der Waals surface area (Å²) in [4.78, 5) is 9.24. The van der Waals surface area contributed by atoms with Gasteiger partial charge in [0.1, 0.15) is 5.82 Å². The average molecular weight is 296 g/mol. The van der Waals surface area contributed by atoms with Crippen molar-refractivity contribution in [3.63, 3.8) is 0 Å². The van der Waals surface area contributed by atoms with Gasteiger partial charge >= 0.3 is 0 Å². The second-order valence-corrected chi connectivity index (χ2v) is 6.16. The number of aromatic nitrogens is 3. The van der Waals surface area contributed by atoms with Crippen LogP contribution in [0.25, 0.3) is 11.0 Å². The number of fused-ring (bicyclic) bond motifs is 1. The van der Waals surface area contributed by atoms with Crippen LogP contribution in [0.4, 0.5) is 0 Å². The van der Waals surface area contributed by atoms with Crippen LogP contribution < -0.4 is 0 Å². The quantitative estimate of drug-likeness (QED) is 0.737. The van der Waals surface area contributed by atoms with Crippen molar-refractivity contribution >= 4 is 22.4 Å². The molecule has 2 aromatic heterocycles. The molecule has 2 heterocycles. The Morgan fingerprint density at radius 1 is 1.29 bits per heavy atom. The largest absolute Gasteiger partial charge is 0.321 e. The zero-order chi connectivity index (χ0) is 14.8.